The standard InChI is InChI=1S/C75H116O6/c1-4-7-10-13-16-19-22-25-28-31-34-36-37-39-41-44-47-50-53-56-59-62-65-68-74(77)80-71-72(70-79-73(76)67-64-61-58-55-52-49-46-43-40-33-30-27-24-21-18-15-12-9-6-3)81-75(78)69-66-63-60-57-54-51-48-45-42-38-35-32-29-26-23-20-17-14-11-8-5-2/h7-12,16-21,25-30,34-36,38-41,43,45,48-49,52,72H,4-6,13-15,22-24,31-33,37,42,44,46-47,50-51,53-71H2,1-3H3/b10-7-,11-8-,12-9-,19-16-,20-17-,21-18-,28-25-,29-26-,30-27-,36-34-,38-35-,41-39-,43-40-,48-45-,52-49-. The number of carbonyl (C=O) groups excluding carboxylic acids is 3. The van der Waals surface area contributed by atoms with Gasteiger partial charge in [0.15, 0.2) is 6.10 Å². The fourth-order valence-electron chi connectivity index (χ4n) is 8.17. The summed E-state index contributed by atoms with van der Waals surface area (Å²) < 4.78 is 16.9. The van der Waals surface area contributed by atoms with Gasteiger partial charge >= 0.3 is 17.9 Å². The summed E-state index contributed by atoms with van der Waals surface area (Å²) >= 11 is 0. The Bertz CT molecular complexity index is 1900. The minimum absolute atomic E-state index is 0.112. The van der Waals surface area contributed by atoms with Crippen molar-refractivity contribution in [1.29, 1.82) is 0 Å². The average Bonchev–Trinajstić information content (AvgIpc) is 3.47. The smallest absolute Gasteiger partial charge is 0.306 e. The minimum Gasteiger partial charge on any atom is -0.462 e. The molecule has 0 N–H and O–H groups in total. The summed E-state index contributed by atoms with van der Waals surface area (Å²) in [6.45, 7) is 6.24. The number of hydrogen-bond acceptors (Lipinski definition) is 6. The third kappa shape index (κ3) is 65.2. The topological polar surface area (TPSA) is 78.9 Å². The van der Waals surface area contributed by atoms with Crippen LogP contribution in [-0.2, 0) is 28.6 Å². The number of rotatable bonds is 56. The molecule has 452 valence electrons. The van der Waals surface area contributed by atoms with E-state index in [1.54, 1.807) is 0 Å². The SMILES string of the molecule is CC/C=C\C/C=C\C/C=C\C/C=C\C/C=C\CCCCCCCCCC(=O)OCC(COC(=O)CCCCC/C=C\C/C=C\C/C=C\C/C=C\C/C=C\CC)OC(=O)CCCCCCC/C=C\C/C=C\C/C=C\C/C=C\C/C=C\CC. The molecule has 6 nitrogen and oxygen atoms in total. The molecule has 0 aromatic carbocycles. The second kappa shape index (κ2) is 67.0. The number of allylic oxidation sites excluding steroid dienone is 30. The normalized spacial score (nSPS) is 13.4. The summed E-state index contributed by atoms with van der Waals surface area (Å²) in [5, 5.41) is 0. The van der Waals surface area contributed by atoms with E-state index in [4.69, 9.17) is 14.2 Å². The highest BCUT2D eigenvalue weighted by atomic mass is 16.6. The molecule has 0 aliphatic heterocycles. The Hall–Kier alpha value is -5.49. The summed E-state index contributed by atoms with van der Waals surface area (Å²) in [5.74, 6) is -0.980. The van der Waals surface area contributed by atoms with E-state index in [1.807, 2.05) is 0 Å². The van der Waals surface area contributed by atoms with Gasteiger partial charge in [-0.3, -0.25) is 14.4 Å². The molecule has 1 atom stereocenters. The van der Waals surface area contributed by atoms with Crippen LogP contribution >= 0.6 is 0 Å². The number of unbranched alkanes of at least 4 members (excludes halogenated alkanes) is 15. The van der Waals surface area contributed by atoms with E-state index in [9.17, 15) is 14.4 Å². The molecule has 0 rings (SSSR count). The first-order valence-corrected chi connectivity index (χ1v) is 32.3. The maximum absolute atomic E-state index is 12.9. The highest BCUT2D eigenvalue weighted by molar-refractivity contribution is 5.71. The monoisotopic (exact) mass is 1110 g/mol. The van der Waals surface area contributed by atoms with E-state index in [2.05, 4.69) is 203 Å². The fourth-order valence-corrected chi connectivity index (χ4v) is 8.17. The minimum atomic E-state index is -0.821. The average molecular weight is 1110 g/mol. The maximum atomic E-state index is 12.9. The summed E-state index contributed by atoms with van der Waals surface area (Å²) in [7, 11) is 0. The van der Waals surface area contributed by atoms with Gasteiger partial charge in [-0.15, -0.1) is 0 Å². The maximum Gasteiger partial charge on any atom is 0.306 e. The number of hydrogen-bond donors (Lipinski definition) is 0. The number of ether oxygens (including phenoxy) is 3. The summed E-state index contributed by atoms with van der Waals surface area (Å²) in [4.78, 5) is 38.4. The van der Waals surface area contributed by atoms with Crippen LogP contribution in [0.4, 0.5) is 0 Å². The van der Waals surface area contributed by atoms with Gasteiger partial charge in [0.1, 0.15) is 13.2 Å². The van der Waals surface area contributed by atoms with Crippen molar-refractivity contribution in [3.63, 3.8) is 0 Å². The van der Waals surface area contributed by atoms with Crippen molar-refractivity contribution in [2.24, 2.45) is 0 Å². The molecule has 1 unspecified atom stereocenters. The van der Waals surface area contributed by atoms with Crippen molar-refractivity contribution in [3.8, 4) is 0 Å². The van der Waals surface area contributed by atoms with Crippen LogP contribution in [0.5, 0.6) is 0 Å². The molecule has 0 amide bonds. The van der Waals surface area contributed by atoms with Gasteiger partial charge in [-0.05, 0) is 154 Å². The number of esters is 3. The van der Waals surface area contributed by atoms with E-state index in [1.165, 1.54) is 25.7 Å². The zero-order valence-electron chi connectivity index (χ0n) is 51.7. The van der Waals surface area contributed by atoms with Crippen molar-refractivity contribution in [2.45, 2.75) is 258 Å². The molecule has 0 bridgehead atoms. The lowest BCUT2D eigenvalue weighted by Crippen LogP contribution is -2.30. The van der Waals surface area contributed by atoms with E-state index < -0.39 is 6.10 Å². The molecule has 0 spiro atoms. The zero-order chi connectivity index (χ0) is 58.5. The van der Waals surface area contributed by atoms with E-state index in [0.29, 0.717) is 12.8 Å². The summed E-state index contributed by atoms with van der Waals surface area (Å²) in [6, 6.07) is 0. The van der Waals surface area contributed by atoms with Crippen LogP contribution < -0.4 is 0 Å². The van der Waals surface area contributed by atoms with Crippen LogP contribution in [0.1, 0.15) is 252 Å². The van der Waals surface area contributed by atoms with Gasteiger partial charge in [0.05, 0.1) is 0 Å². The van der Waals surface area contributed by atoms with E-state index >= 15 is 0 Å². The lowest BCUT2D eigenvalue weighted by atomic mass is 10.1. The third-order valence-electron chi connectivity index (χ3n) is 12.9. The second-order valence-electron chi connectivity index (χ2n) is 20.5. The summed E-state index contributed by atoms with van der Waals surface area (Å²) in [6.07, 6.45) is 100. The van der Waals surface area contributed by atoms with Crippen LogP contribution in [0.15, 0.2) is 182 Å². The number of carbonyl (C=O) groups is 3. The van der Waals surface area contributed by atoms with E-state index in [0.717, 1.165) is 186 Å². The lowest BCUT2D eigenvalue weighted by Gasteiger charge is -2.18. The quantitative estimate of drug-likeness (QED) is 0.0261. The van der Waals surface area contributed by atoms with Gasteiger partial charge in [-0.25, -0.2) is 0 Å². The second-order valence-corrected chi connectivity index (χ2v) is 20.5. The van der Waals surface area contributed by atoms with Gasteiger partial charge < -0.3 is 14.2 Å². The Morgan fingerprint density at radius 3 is 0.704 bits per heavy atom. The molecule has 0 saturated carbocycles. The first kappa shape index (κ1) is 75.5. The van der Waals surface area contributed by atoms with Crippen molar-refractivity contribution in [3.05, 3.63) is 182 Å². The lowest BCUT2D eigenvalue weighted by molar-refractivity contribution is -0.167. The molecule has 0 saturated heterocycles. The molecular weight excluding hydrogens is 997 g/mol. The van der Waals surface area contributed by atoms with Gasteiger partial charge in [-0.2, -0.15) is 0 Å². The highest BCUT2D eigenvalue weighted by Gasteiger charge is 2.19. The van der Waals surface area contributed by atoms with Crippen molar-refractivity contribution in [2.75, 3.05) is 13.2 Å². The molecule has 0 aliphatic carbocycles. The van der Waals surface area contributed by atoms with Crippen LogP contribution in [0.3, 0.4) is 0 Å². The molecular formula is C75H116O6. The largest absolute Gasteiger partial charge is 0.462 e. The summed E-state index contributed by atoms with van der Waals surface area (Å²) in [5.41, 5.74) is 0. The molecule has 6 heteroatoms. The van der Waals surface area contributed by atoms with Crippen molar-refractivity contribution < 1.29 is 28.6 Å². The molecule has 0 aromatic heterocycles. The van der Waals surface area contributed by atoms with E-state index in [-0.39, 0.29) is 37.5 Å². The van der Waals surface area contributed by atoms with Gasteiger partial charge in [0, 0.05) is 19.3 Å². The van der Waals surface area contributed by atoms with Crippen molar-refractivity contribution >= 4 is 17.9 Å². The third-order valence-corrected chi connectivity index (χ3v) is 12.9. The van der Waals surface area contributed by atoms with Crippen LogP contribution in [0.2, 0.25) is 0 Å². The van der Waals surface area contributed by atoms with Gasteiger partial charge in [-0.1, -0.05) is 261 Å². The highest BCUT2D eigenvalue weighted by Crippen LogP contribution is 2.14. The predicted molar refractivity (Wildman–Crippen MR) is 352 cm³/mol. The molecule has 81 heavy (non-hydrogen) atoms. The molecule has 0 aromatic rings. The Morgan fingerprint density at radius 1 is 0.247 bits per heavy atom. The molecule has 0 aliphatic rings. The molecule has 0 heterocycles. The van der Waals surface area contributed by atoms with Gasteiger partial charge in [0.2, 0.25) is 0 Å². The molecule has 0 radical (unpaired) electrons. The van der Waals surface area contributed by atoms with Crippen LogP contribution in [0, 0.1) is 0 Å². The van der Waals surface area contributed by atoms with Crippen molar-refractivity contribution in [1.82, 2.24) is 0 Å². The van der Waals surface area contributed by atoms with Crippen LogP contribution in [-0.4, -0.2) is 37.2 Å². The Labute approximate surface area is 497 Å². The predicted octanol–water partition coefficient (Wildman–Crippen LogP) is 22.4. The Balaban J connectivity index is 4.55. The Kier molecular flexibility index (Phi) is 62.5. The van der Waals surface area contributed by atoms with Gasteiger partial charge in [0.25, 0.3) is 0 Å². The fraction of sp³-hybridized carbons (Fsp3) is 0.560. The van der Waals surface area contributed by atoms with Crippen LogP contribution in [0.25, 0.3) is 0 Å². The first-order chi connectivity index (χ1) is 40.0. The Morgan fingerprint density at radius 2 is 0.444 bits per heavy atom. The first-order valence-electron chi connectivity index (χ1n) is 32.3. The molecule has 0 fully saturated rings. The zero-order valence-corrected chi connectivity index (χ0v) is 51.7.